The van der Waals surface area contributed by atoms with Gasteiger partial charge >= 0.3 is 0 Å². The van der Waals surface area contributed by atoms with E-state index in [1.165, 1.54) is 0 Å². The molecule has 1 unspecified atom stereocenters. The van der Waals surface area contributed by atoms with E-state index in [1.54, 1.807) is 18.2 Å². The van der Waals surface area contributed by atoms with Crippen LogP contribution in [-0.2, 0) is 4.79 Å². The van der Waals surface area contributed by atoms with Gasteiger partial charge in [-0.3, -0.25) is 4.79 Å². The van der Waals surface area contributed by atoms with Gasteiger partial charge in [-0.1, -0.05) is 18.5 Å². The average Bonchev–Trinajstić information content (AvgIpc) is 2.37. The Morgan fingerprint density at radius 3 is 2.89 bits per heavy atom. The van der Waals surface area contributed by atoms with E-state index in [2.05, 4.69) is 10.6 Å². The highest BCUT2D eigenvalue weighted by Crippen LogP contribution is 2.22. The van der Waals surface area contributed by atoms with Crippen LogP contribution in [0.25, 0.3) is 0 Å². The van der Waals surface area contributed by atoms with Gasteiger partial charge in [0.2, 0.25) is 5.91 Å². The number of halogens is 1. The van der Waals surface area contributed by atoms with Gasteiger partial charge in [0.25, 0.3) is 0 Å². The molecule has 0 heterocycles. The average molecular weight is 266 g/mol. The SMILES string of the molecule is CCC(C)NC(=O)CNc1cc(C#N)ccc1Cl. The van der Waals surface area contributed by atoms with Crippen LogP contribution in [0, 0.1) is 11.3 Å². The van der Waals surface area contributed by atoms with E-state index < -0.39 is 0 Å². The maximum absolute atomic E-state index is 11.6. The first-order valence-electron chi connectivity index (χ1n) is 5.79. The highest BCUT2D eigenvalue weighted by Gasteiger charge is 2.07. The smallest absolute Gasteiger partial charge is 0.239 e. The molecule has 1 aromatic carbocycles. The maximum Gasteiger partial charge on any atom is 0.239 e. The fourth-order valence-corrected chi connectivity index (χ4v) is 1.52. The highest BCUT2D eigenvalue weighted by atomic mass is 35.5. The van der Waals surface area contributed by atoms with Gasteiger partial charge in [-0.25, -0.2) is 0 Å². The monoisotopic (exact) mass is 265 g/mol. The number of carbonyl (C=O) groups is 1. The number of hydrogen-bond acceptors (Lipinski definition) is 3. The van der Waals surface area contributed by atoms with Crippen molar-refractivity contribution in [2.24, 2.45) is 0 Å². The molecule has 1 aromatic rings. The number of benzene rings is 1. The Morgan fingerprint density at radius 2 is 2.28 bits per heavy atom. The number of carbonyl (C=O) groups excluding carboxylic acids is 1. The quantitative estimate of drug-likeness (QED) is 0.860. The van der Waals surface area contributed by atoms with Crippen LogP contribution in [0.3, 0.4) is 0 Å². The Labute approximate surface area is 112 Å². The van der Waals surface area contributed by atoms with Gasteiger partial charge in [0.15, 0.2) is 0 Å². The number of rotatable bonds is 5. The lowest BCUT2D eigenvalue weighted by atomic mass is 10.2. The van der Waals surface area contributed by atoms with E-state index in [1.807, 2.05) is 19.9 Å². The Balaban J connectivity index is 2.58. The van der Waals surface area contributed by atoms with E-state index >= 15 is 0 Å². The lowest BCUT2D eigenvalue weighted by Crippen LogP contribution is -2.36. The molecular formula is C13H16ClN3O. The Kier molecular flexibility index (Phi) is 5.47. The molecule has 2 N–H and O–H groups in total. The molecule has 1 rings (SSSR count). The van der Waals surface area contributed by atoms with Crippen molar-refractivity contribution in [2.75, 3.05) is 11.9 Å². The van der Waals surface area contributed by atoms with Gasteiger partial charge in [-0.15, -0.1) is 0 Å². The van der Waals surface area contributed by atoms with Crippen LogP contribution >= 0.6 is 11.6 Å². The summed E-state index contributed by atoms with van der Waals surface area (Å²) in [4.78, 5) is 11.6. The summed E-state index contributed by atoms with van der Waals surface area (Å²) >= 11 is 5.97. The van der Waals surface area contributed by atoms with Crippen LogP contribution in [0.5, 0.6) is 0 Å². The summed E-state index contributed by atoms with van der Waals surface area (Å²) in [6.07, 6.45) is 0.885. The molecule has 1 amide bonds. The molecule has 0 aliphatic carbocycles. The lowest BCUT2D eigenvalue weighted by Gasteiger charge is -2.13. The van der Waals surface area contributed by atoms with E-state index in [9.17, 15) is 4.79 Å². The molecule has 0 saturated carbocycles. The topological polar surface area (TPSA) is 64.9 Å². The summed E-state index contributed by atoms with van der Waals surface area (Å²) in [6, 6.07) is 7.07. The molecule has 4 nitrogen and oxygen atoms in total. The first-order valence-corrected chi connectivity index (χ1v) is 6.17. The van der Waals surface area contributed by atoms with Crippen molar-refractivity contribution in [2.45, 2.75) is 26.3 Å². The second-order valence-electron chi connectivity index (χ2n) is 4.04. The number of nitrogens with zero attached hydrogens (tertiary/aromatic N) is 1. The third kappa shape index (κ3) is 4.27. The molecule has 1 atom stereocenters. The molecule has 0 saturated heterocycles. The number of nitriles is 1. The lowest BCUT2D eigenvalue weighted by molar-refractivity contribution is -0.120. The minimum Gasteiger partial charge on any atom is -0.375 e. The number of anilines is 1. The van der Waals surface area contributed by atoms with Crippen molar-refractivity contribution < 1.29 is 4.79 Å². The maximum atomic E-state index is 11.6. The minimum absolute atomic E-state index is 0.0947. The molecule has 0 fully saturated rings. The van der Waals surface area contributed by atoms with Gasteiger partial charge in [0.05, 0.1) is 28.9 Å². The van der Waals surface area contributed by atoms with Crippen LogP contribution in [0.1, 0.15) is 25.8 Å². The number of amides is 1. The highest BCUT2D eigenvalue weighted by molar-refractivity contribution is 6.33. The Hall–Kier alpha value is -1.73. The molecule has 5 heteroatoms. The standard InChI is InChI=1S/C13H16ClN3O/c1-3-9(2)17-13(18)8-16-12-6-10(7-15)4-5-11(12)14/h4-6,9,16H,3,8H2,1-2H3,(H,17,18). The third-order valence-electron chi connectivity index (χ3n) is 2.55. The van der Waals surface area contributed by atoms with Crippen molar-refractivity contribution in [3.05, 3.63) is 28.8 Å². The minimum atomic E-state index is -0.0947. The molecule has 96 valence electrons. The van der Waals surface area contributed by atoms with E-state index in [0.29, 0.717) is 16.3 Å². The van der Waals surface area contributed by atoms with Gasteiger partial charge < -0.3 is 10.6 Å². The molecule has 0 bridgehead atoms. The second-order valence-corrected chi connectivity index (χ2v) is 4.44. The first kappa shape index (κ1) is 14.3. The molecular weight excluding hydrogens is 250 g/mol. The van der Waals surface area contributed by atoms with E-state index in [-0.39, 0.29) is 18.5 Å². The summed E-state index contributed by atoms with van der Waals surface area (Å²) in [5, 5.41) is 15.0. The zero-order valence-corrected chi connectivity index (χ0v) is 11.2. The number of nitrogens with one attached hydrogen (secondary N) is 2. The van der Waals surface area contributed by atoms with E-state index in [4.69, 9.17) is 16.9 Å². The third-order valence-corrected chi connectivity index (χ3v) is 2.88. The fourth-order valence-electron chi connectivity index (χ4n) is 1.33. The summed E-state index contributed by atoms with van der Waals surface area (Å²) < 4.78 is 0. The normalized spacial score (nSPS) is 11.4. The van der Waals surface area contributed by atoms with Gasteiger partial charge in [-0.05, 0) is 31.5 Å². The zero-order valence-electron chi connectivity index (χ0n) is 10.5. The Morgan fingerprint density at radius 1 is 1.56 bits per heavy atom. The second kappa shape index (κ2) is 6.87. The summed E-state index contributed by atoms with van der Waals surface area (Å²) in [6.45, 7) is 4.09. The number of hydrogen-bond donors (Lipinski definition) is 2. The predicted molar refractivity (Wildman–Crippen MR) is 72.6 cm³/mol. The predicted octanol–water partition coefficient (Wildman–Crippen LogP) is 2.54. The molecule has 0 aliphatic rings. The van der Waals surface area contributed by atoms with Gasteiger partial charge in [0.1, 0.15) is 0 Å². The van der Waals surface area contributed by atoms with Crippen molar-refractivity contribution in [3.8, 4) is 6.07 Å². The van der Waals surface area contributed by atoms with Crippen LogP contribution < -0.4 is 10.6 Å². The Bertz CT molecular complexity index is 468. The van der Waals surface area contributed by atoms with Crippen LogP contribution in [-0.4, -0.2) is 18.5 Å². The van der Waals surface area contributed by atoms with Crippen molar-refractivity contribution >= 4 is 23.2 Å². The molecule has 0 radical (unpaired) electrons. The summed E-state index contributed by atoms with van der Waals surface area (Å²) in [5.41, 5.74) is 1.10. The van der Waals surface area contributed by atoms with Crippen LogP contribution in [0.15, 0.2) is 18.2 Å². The van der Waals surface area contributed by atoms with Crippen molar-refractivity contribution in [1.82, 2.24) is 5.32 Å². The van der Waals surface area contributed by atoms with Crippen molar-refractivity contribution in [3.63, 3.8) is 0 Å². The zero-order chi connectivity index (χ0) is 13.5. The van der Waals surface area contributed by atoms with Crippen LogP contribution in [0.2, 0.25) is 5.02 Å². The summed E-state index contributed by atoms with van der Waals surface area (Å²) in [5.74, 6) is -0.0947. The van der Waals surface area contributed by atoms with Crippen molar-refractivity contribution in [1.29, 1.82) is 5.26 Å². The van der Waals surface area contributed by atoms with Gasteiger partial charge in [-0.2, -0.15) is 5.26 Å². The first-order chi connectivity index (χ1) is 8.56. The molecule has 0 aromatic heterocycles. The van der Waals surface area contributed by atoms with Gasteiger partial charge in [0, 0.05) is 6.04 Å². The largest absolute Gasteiger partial charge is 0.375 e. The van der Waals surface area contributed by atoms with Crippen LogP contribution in [0.4, 0.5) is 5.69 Å². The molecule has 18 heavy (non-hydrogen) atoms. The van der Waals surface area contributed by atoms with E-state index in [0.717, 1.165) is 6.42 Å². The summed E-state index contributed by atoms with van der Waals surface area (Å²) in [7, 11) is 0. The molecule has 0 aliphatic heterocycles. The molecule has 0 spiro atoms. The fraction of sp³-hybridized carbons (Fsp3) is 0.385.